The monoisotopic (exact) mass is 566 g/mol. The van der Waals surface area contributed by atoms with Crippen molar-refractivity contribution in [3.63, 3.8) is 0 Å². The molecule has 1 saturated carbocycles. The van der Waals surface area contributed by atoms with E-state index in [0.29, 0.717) is 17.7 Å². The van der Waals surface area contributed by atoms with Gasteiger partial charge in [0, 0.05) is 23.4 Å². The van der Waals surface area contributed by atoms with E-state index in [1.54, 1.807) is 0 Å². The summed E-state index contributed by atoms with van der Waals surface area (Å²) in [5.41, 5.74) is -5.40. The lowest BCUT2D eigenvalue weighted by atomic mass is 9.91. The second kappa shape index (κ2) is 10.5. The minimum atomic E-state index is -5.81. The summed E-state index contributed by atoms with van der Waals surface area (Å²) in [5, 5.41) is 2.29. The van der Waals surface area contributed by atoms with E-state index in [9.17, 15) is 39.6 Å². The van der Waals surface area contributed by atoms with E-state index in [1.807, 2.05) is 0 Å². The van der Waals surface area contributed by atoms with Gasteiger partial charge >= 0.3 is 12.4 Å². The van der Waals surface area contributed by atoms with Crippen molar-refractivity contribution in [3.05, 3.63) is 53.7 Å². The maximum atomic E-state index is 13.9. The highest BCUT2D eigenvalue weighted by Crippen LogP contribution is 2.53. The smallest absolute Gasteiger partial charge is 0.381 e. The number of alkyl halides is 6. The third-order valence-corrected chi connectivity index (χ3v) is 8.04. The van der Waals surface area contributed by atoms with Crippen LogP contribution in [-0.2, 0) is 36.1 Å². The molecule has 4 rings (SSSR count). The highest BCUT2D eigenvalue weighted by atomic mass is 32.2. The number of hydrogen-bond acceptors (Lipinski definition) is 6. The number of rotatable bonds is 10. The number of anilines is 1. The molecule has 1 aromatic carbocycles. The van der Waals surface area contributed by atoms with Gasteiger partial charge in [0.25, 0.3) is 5.60 Å². The van der Waals surface area contributed by atoms with Crippen LogP contribution >= 0.6 is 0 Å². The van der Waals surface area contributed by atoms with Crippen LogP contribution in [0.2, 0.25) is 0 Å². The highest BCUT2D eigenvalue weighted by molar-refractivity contribution is 7.91. The minimum Gasteiger partial charge on any atom is -0.381 e. The number of amides is 1. The number of nitrogens with one attached hydrogen (secondary N) is 1. The zero-order chi connectivity index (χ0) is 27.8. The van der Waals surface area contributed by atoms with Crippen LogP contribution in [0.1, 0.15) is 24.0 Å². The van der Waals surface area contributed by atoms with E-state index in [1.165, 1.54) is 18.3 Å². The van der Waals surface area contributed by atoms with Crippen LogP contribution < -0.4 is 5.32 Å². The summed E-state index contributed by atoms with van der Waals surface area (Å²) in [7, 11) is -3.52. The molecule has 0 bridgehead atoms. The number of hydrogen-bond donors (Lipinski definition) is 1. The van der Waals surface area contributed by atoms with E-state index < -0.39 is 51.8 Å². The summed E-state index contributed by atoms with van der Waals surface area (Å²) in [4.78, 5) is 16.3. The summed E-state index contributed by atoms with van der Waals surface area (Å²) < 4.78 is 117. The summed E-state index contributed by atoms with van der Waals surface area (Å²) in [6.07, 6.45) is -8.94. The van der Waals surface area contributed by atoms with Gasteiger partial charge in [0.15, 0.2) is 14.9 Å². The first-order chi connectivity index (χ1) is 17.7. The lowest BCUT2D eigenvalue weighted by Crippen LogP contribution is -2.57. The Balaban J connectivity index is 1.44. The molecule has 2 fully saturated rings. The first-order valence-corrected chi connectivity index (χ1v) is 13.3. The van der Waals surface area contributed by atoms with Gasteiger partial charge in [-0.15, -0.1) is 0 Å². The summed E-state index contributed by atoms with van der Waals surface area (Å²) in [6, 6.07) is 5.76. The van der Waals surface area contributed by atoms with Crippen molar-refractivity contribution < 1.29 is 49.0 Å². The quantitative estimate of drug-likeness (QED) is 0.428. The Morgan fingerprint density at radius 2 is 1.61 bits per heavy atom. The van der Waals surface area contributed by atoms with Crippen molar-refractivity contribution in [3.8, 4) is 0 Å². The molecule has 2 aromatic rings. The van der Waals surface area contributed by atoms with Gasteiger partial charge < -0.3 is 14.8 Å². The highest BCUT2D eigenvalue weighted by Gasteiger charge is 2.73. The molecule has 7 nitrogen and oxygen atoms in total. The average Bonchev–Trinajstić information content (AvgIpc) is 3.58. The first-order valence-electron chi connectivity index (χ1n) is 11.6. The van der Waals surface area contributed by atoms with Crippen molar-refractivity contribution in [2.24, 2.45) is 11.8 Å². The molecule has 2 heterocycles. The number of pyridine rings is 1. The van der Waals surface area contributed by atoms with E-state index in [2.05, 4.69) is 15.0 Å². The largest absolute Gasteiger partial charge is 0.430 e. The van der Waals surface area contributed by atoms with Gasteiger partial charge in [-0.2, -0.15) is 26.3 Å². The number of aromatic nitrogens is 1. The fourth-order valence-electron chi connectivity index (χ4n) is 3.92. The number of ether oxygens (including phenoxy) is 2. The second-order valence-corrected chi connectivity index (χ2v) is 11.4. The normalized spacial score (nSPS) is 17.2. The van der Waals surface area contributed by atoms with Gasteiger partial charge in [-0.1, -0.05) is 18.2 Å². The van der Waals surface area contributed by atoms with Crippen LogP contribution in [-0.4, -0.2) is 57.2 Å². The van der Waals surface area contributed by atoms with Crippen molar-refractivity contribution in [2.45, 2.75) is 42.2 Å². The van der Waals surface area contributed by atoms with Crippen LogP contribution in [0.3, 0.4) is 0 Å². The van der Waals surface area contributed by atoms with Gasteiger partial charge in [-0.3, -0.25) is 4.79 Å². The molecule has 208 valence electrons. The number of benzene rings is 1. The number of sulfone groups is 1. The predicted octanol–water partition coefficient (Wildman–Crippen LogP) is 4.43. The summed E-state index contributed by atoms with van der Waals surface area (Å²) >= 11 is 0. The fourth-order valence-corrected chi connectivity index (χ4v) is 5.53. The van der Waals surface area contributed by atoms with Crippen molar-refractivity contribution in [1.29, 1.82) is 0 Å². The molecule has 0 spiro atoms. The van der Waals surface area contributed by atoms with E-state index >= 15 is 0 Å². The molecule has 0 radical (unpaired) electrons. The molecule has 2 aliphatic rings. The van der Waals surface area contributed by atoms with Crippen LogP contribution in [0.5, 0.6) is 0 Å². The Morgan fingerprint density at radius 1 is 0.974 bits per heavy atom. The molecular formula is C24H24F6N2O5S. The third kappa shape index (κ3) is 6.12. The number of carbonyl (C=O) groups excluding carboxylic acids is 1. The van der Waals surface area contributed by atoms with Crippen LogP contribution in [0, 0.1) is 11.8 Å². The third-order valence-electron chi connectivity index (χ3n) is 6.25. The zero-order valence-electron chi connectivity index (χ0n) is 19.8. The van der Waals surface area contributed by atoms with Gasteiger partial charge in [0.2, 0.25) is 5.91 Å². The second-order valence-electron chi connectivity index (χ2n) is 9.42. The zero-order valence-corrected chi connectivity index (χ0v) is 20.6. The maximum Gasteiger partial charge on any atom is 0.430 e. The lowest BCUT2D eigenvalue weighted by Gasteiger charge is -2.39. The van der Waals surface area contributed by atoms with Gasteiger partial charge in [0.05, 0.1) is 32.0 Å². The average molecular weight is 567 g/mol. The lowest BCUT2D eigenvalue weighted by molar-refractivity contribution is -0.393. The Kier molecular flexibility index (Phi) is 7.79. The van der Waals surface area contributed by atoms with Crippen LogP contribution in [0.4, 0.5) is 32.0 Å². The number of carbonyl (C=O) groups is 1. The molecular weight excluding hydrogens is 542 g/mol. The van der Waals surface area contributed by atoms with Gasteiger partial charge in [0.1, 0.15) is 0 Å². The summed E-state index contributed by atoms with van der Waals surface area (Å²) in [6.45, 7) is -0.789. The molecule has 1 N–H and O–H groups in total. The van der Waals surface area contributed by atoms with Gasteiger partial charge in [-0.05, 0) is 42.5 Å². The molecule has 0 unspecified atom stereocenters. The number of halogens is 6. The standard InChI is InChI=1S/C24H24F6N2O5S/c25-23(26,27)22(24(28,29)30,37-13-17-11-36-12-17)18-4-6-19(7-5-18)32-20(33)9-16-3-8-21(31-10-16)38(34,35)14-15-1-2-15/h3-8,10,15,17H,1-2,9,11-14H2,(H,32,33). The molecule has 1 saturated heterocycles. The van der Waals surface area contributed by atoms with E-state index in [0.717, 1.165) is 25.0 Å². The Bertz CT molecular complexity index is 1230. The molecule has 0 atom stereocenters. The molecule has 1 aliphatic heterocycles. The van der Waals surface area contributed by atoms with E-state index in [-0.39, 0.29) is 42.0 Å². The summed E-state index contributed by atoms with van der Waals surface area (Å²) in [5.74, 6) is -1.06. The van der Waals surface area contributed by atoms with E-state index in [4.69, 9.17) is 4.74 Å². The van der Waals surface area contributed by atoms with Crippen molar-refractivity contribution in [1.82, 2.24) is 4.98 Å². The Morgan fingerprint density at radius 3 is 2.08 bits per heavy atom. The van der Waals surface area contributed by atoms with Crippen LogP contribution in [0.25, 0.3) is 0 Å². The molecule has 1 amide bonds. The SMILES string of the molecule is O=C(Cc1ccc(S(=O)(=O)CC2CC2)nc1)Nc1ccc(C(OCC2COC2)(C(F)(F)F)C(F)(F)F)cc1. The fraction of sp³-hybridized carbons (Fsp3) is 0.500. The first kappa shape index (κ1) is 28.3. The van der Waals surface area contributed by atoms with Gasteiger partial charge in [-0.25, -0.2) is 13.4 Å². The predicted molar refractivity (Wildman–Crippen MR) is 122 cm³/mol. The Hall–Kier alpha value is -2.71. The Labute approximate surface area is 214 Å². The van der Waals surface area contributed by atoms with Crippen LogP contribution in [0.15, 0.2) is 47.6 Å². The van der Waals surface area contributed by atoms with Crippen molar-refractivity contribution in [2.75, 3.05) is 30.9 Å². The minimum absolute atomic E-state index is 0.00525. The number of nitrogens with zero attached hydrogens (tertiary/aromatic N) is 1. The molecule has 38 heavy (non-hydrogen) atoms. The molecule has 1 aromatic heterocycles. The topological polar surface area (TPSA) is 94.6 Å². The molecule has 14 heteroatoms. The maximum absolute atomic E-state index is 13.9. The van der Waals surface area contributed by atoms with Crippen molar-refractivity contribution >= 4 is 21.4 Å². The molecule has 1 aliphatic carbocycles.